The third-order valence-corrected chi connectivity index (χ3v) is 4.51. The quantitative estimate of drug-likeness (QED) is 0.645. The number of nitrogens with one attached hydrogen (secondary N) is 1. The Hall–Kier alpha value is -2.70. The van der Waals surface area contributed by atoms with E-state index in [1.807, 2.05) is 23.6 Å². The van der Waals surface area contributed by atoms with Crippen LogP contribution in [-0.4, -0.2) is 16.9 Å². The Morgan fingerprint density at radius 1 is 1.12 bits per heavy atom. The molecular weight excluding hydrogens is 372 g/mol. The molecule has 1 unspecified atom stereocenters. The van der Waals surface area contributed by atoms with Crippen molar-refractivity contribution in [1.29, 1.82) is 0 Å². The summed E-state index contributed by atoms with van der Waals surface area (Å²) in [5.41, 5.74) is 2.21. The highest BCUT2D eigenvalue weighted by molar-refractivity contribution is 7.14. The van der Waals surface area contributed by atoms with E-state index < -0.39 is 18.0 Å². The van der Waals surface area contributed by atoms with Gasteiger partial charge in [0.25, 0.3) is 5.91 Å². The molecule has 3 aromatic rings. The van der Waals surface area contributed by atoms with Gasteiger partial charge in [0.2, 0.25) is 6.10 Å². The molecule has 0 aliphatic carbocycles. The standard InChI is InChI=1S/C19H15ClN2O3S/c1-12(23)25-17(14-5-3-2-4-6-14)18(24)22-19-21-16(11-26-19)13-7-9-15(20)10-8-13/h2-11,17H,1H3,(H,21,22,24). The van der Waals surface area contributed by atoms with Gasteiger partial charge >= 0.3 is 5.97 Å². The van der Waals surface area contributed by atoms with Gasteiger partial charge in [-0.15, -0.1) is 11.3 Å². The molecule has 1 atom stereocenters. The second kappa shape index (κ2) is 8.12. The van der Waals surface area contributed by atoms with Gasteiger partial charge in [-0.25, -0.2) is 4.98 Å². The van der Waals surface area contributed by atoms with E-state index in [2.05, 4.69) is 10.3 Å². The lowest BCUT2D eigenvalue weighted by molar-refractivity contribution is -0.152. The van der Waals surface area contributed by atoms with Crippen molar-refractivity contribution < 1.29 is 14.3 Å². The summed E-state index contributed by atoms with van der Waals surface area (Å²) >= 11 is 7.18. The summed E-state index contributed by atoms with van der Waals surface area (Å²) in [6.45, 7) is 1.27. The van der Waals surface area contributed by atoms with Gasteiger partial charge in [0.15, 0.2) is 5.13 Å². The summed E-state index contributed by atoms with van der Waals surface area (Å²) in [5, 5.41) is 5.62. The van der Waals surface area contributed by atoms with E-state index in [1.165, 1.54) is 18.3 Å². The van der Waals surface area contributed by atoms with Gasteiger partial charge in [0, 0.05) is 28.5 Å². The fourth-order valence-corrected chi connectivity index (χ4v) is 3.17. The van der Waals surface area contributed by atoms with Gasteiger partial charge in [0.1, 0.15) is 0 Å². The zero-order chi connectivity index (χ0) is 18.5. The maximum Gasteiger partial charge on any atom is 0.303 e. The highest BCUT2D eigenvalue weighted by Gasteiger charge is 2.24. The Kier molecular flexibility index (Phi) is 5.65. The van der Waals surface area contributed by atoms with Crippen LogP contribution in [0.3, 0.4) is 0 Å². The van der Waals surface area contributed by atoms with Crippen molar-refractivity contribution in [3.8, 4) is 11.3 Å². The van der Waals surface area contributed by atoms with E-state index in [-0.39, 0.29) is 0 Å². The minimum Gasteiger partial charge on any atom is -0.447 e. The maximum absolute atomic E-state index is 12.6. The SMILES string of the molecule is CC(=O)OC(C(=O)Nc1nc(-c2ccc(Cl)cc2)cs1)c1ccccc1. The number of rotatable bonds is 5. The number of aromatic nitrogens is 1. The number of halogens is 1. The lowest BCUT2D eigenvalue weighted by atomic mass is 10.1. The Labute approximate surface area is 159 Å². The Balaban J connectivity index is 1.77. The maximum atomic E-state index is 12.6. The Morgan fingerprint density at radius 2 is 1.81 bits per heavy atom. The third-order valence-electron chi connectivity index (χ3n) is 3.50. The number of anilines is 1. The van der Waals surface area contributed by atoms with Crippen LogP contribution in [0.2, 0.25) is 5.02 Å². The smallest absolute Gasteiger partial charge is 0.303 e. The van der Waals surface area contributed by atoms with E-state index in [9.17, 15) is 9.59 Å². The third kappa shape index (κ3) is 4.47. The lowest BCUT2D eigenvalue weighted by Crippen LogP contribution is -2.25. The van der Waals surface area contributed by atoms with Gasteiger partial charge in [-0.05, 0) is 12.1 Å². The molecule has 1 N–H and O–H groups in total. The van der Waals surface area contributed by atoms with Gasteiger partial charge in [-0.2, -0.15) is 0 Å². The second-order valence-electron chi connectivity index (χ2n) is 5.43. The molecule has 1 aromatic heterocycles. The molecule has 0 saturated carbocycles. The van der Waals surface area contributed by atoms with Gasteiger partial charge in [0.05, 0.1) is 5.69 Å². The Bertz CT molecular complexity index is 910. The lowest BCUT2D eigenvalue weighted by Gasteiger charge is -2.16. The molecule has 1 heterocycles. The van der Waals surface area contributed by atoms with Crippen LogP contribution in [0.5, 0.6) is 0 Å². The van der Waals surface area contributed by atoms with Crippen molar-refractivity contribution in [3.05, 3.63) is 70.6 Å². The van der Waals surface area contributed by atoms with Crippen LogP contribution in [0.25, 0.3) is 11.3 Å². The molecular formula is C19H15ClN2O3S. The zero-order valence-corrected chi connectivity index (χ0v) is 15.4. The van der Waals surface area contributed by atoms with Gasteiger partial charge in [-0.1, -0.05) is 54.1 Å². The first-order valence-corrected chi connectivity index (χ1v) is 9.03. The van der Waals surface area contributed by atoms with Crippen LogP contribution < -0.4 is 5.32 Å². The monoisotopic (exact) mass is 386 g/mol. The number of ether oxygens (including phenoxy) is 1. The molecule has 0 fully saturated rings. The van der Waals surface area contributed by atoms with Crippen molar-refractivity contribution in [2.24, 2.45) is 0 Å². The number of carbonyl (C=O) groups is 2. The average molecular weight is 387 g/mol. The summed E-state index contributed by atoms with van der Waals surface area (Å²) < 4.78 is 5.19. The number of amides is 1. The molecule has 0 bridgehead atoms. The second-order valence-corrected chi connectivity index (χ2v) is 6.73. The first-order chi connectivity index (χ1) is 12.5. The molecule has 5 nitrogen and oxygen atoms in total. The molecule has 132 valence electrons. The number of hydrogen-bond donors (Lipinski definition) is 1. The molecule has 26 heavy (non-hydrogen) atoms. The first-order valence-electron chi connectivity index (χ1n) is 7.77. The zero-order valence-electron chi connectivity index (χ0n) is 13.8. The van der Waals surface area contributed by atoms with Crippen molar-refractivity contribution in [3.63, 3.8) is 0 Å². The normalized spacial score (nSPS) is 11.6. The summed E-state index contributed by atoms with van der Waals surface area (Å²) in [6, 6.07) is 16.1. The number of esters is 1. The van der Waals surface area contributed by atoms with E-state index in [0.29, 0.717) is 15.7 Å². The van der Waals surface area contributed by atoms with Crippen LogP contribution in [0.4, 0.5) is 5.13 Å². The summed E-state index contributed by atoms with van der Waals surface area (Å²) in [4.78, 5) is 28.4. The minimum atomic E-state index is -1.03. The van der Waals surface area contributed by atoms with E-state index >= 15 is 0 Å². The highest BCUT2D eigenvalue weighted by Crippen LogP contribution is 2.27. The number of carbonyl (C=O) groups excluding carboxylic acids is 2. The number of benzene rings is 2. The molecule has 3 rings (SSSR count). The molecule has 0 saturated heterocycles. The van der Waals surface area contributed by atoms with Crippen LogP contribution in [0.15, 0.2) is 60.0 Å². The molecule has 7 heteroatoms. The Morgan fingerprint density at radius 3 is 2.46 bits per heavy atom. The summed E-state index contributed by atoms with van der Waals surface area (Å²) in [7, 11) is 0. The predicted octanol–water partition coefficient (Wildman–Crippen LogP) is 4.71. The van der Waals surface area contributed by atoms with Crippen molar-refractivity contribution in [2.75, 3.05) is 5.32 Å². The van der Waals surface area contributed by atoms with Crippen molar-refractivity contribution in [2.45, 2.75) is 13.0 Å². The summed E-state index contributed by atoms with van der Waals surface area (Å²) in [5.74, 6) is -0.988. The highest BCUT2D eigenvalue weighted by atomic mass is 35.5. The minimum absolute atomic E-state index is 0.424. The first kappa shape index (κ1) is 18.1. The number of hydrogen-bond acceptors (Lipinski definition) is 5. The molecule has 0 aliphatic rings. The average Bonchev–Trinajstić information content (AvgIpc) is 3.09. The predicted molar refractivity (Wildman–Crippen MR) is 102 cm³/mol. The molecule has 1 amide bonds. The largest absolute Gasteiger partial charge is 0.447 e. The molecule has 0 spiro atoms. The van der Waals surface area contributed by atoms with Crippen molar-refractivity contribution >= 4 is 39.9 Å². The number of thiazole rings is 1. The van der Waals surface area contributed by atoms with Gasteiger partial charge < -0.3 is 4.74 Å². The number of nitrogens with zero attached hydrogens (tertiary/aromatic N) is 1. The fraction of sp³-hybridized carbons (Fsp3) is 0.105. The topological polar surface area (TPSA) is 68.3 Å². The van der Waals surface area contributed by atoms with E-state index in [1.54, 1.807) is 36.4 Å². The van der Waals surface area contributed by atoms with Crippen LogP contribution >= 0.6 is 22.9 Å². The van der Waals surface area contributed by atoms with E-state index in [0.717, 1.165) is 11.3 Å². The molecule has 0 radical (unpaired) electrons. The van der Waals surface area contributed by atoms with Crippen LogP contribution in [-0.2, 0) is 14.3 Å². The summed E-state index contributed by atoms with van der Waals surface area (Å²) in [6.07, 6.45) is -1.03. The van der Waals surface area contributed by atoms with Crippen LogP contribution in [0, 0.1) is 0 Å². The van der Waals surface area contributed by atoms with Crippen molar-refractivity contribution in [1.82, 2.24) is 4.98 Å². The van der Waals surface area contributed by atoms with Crippen LogP contribution in [0.1, 0.15) is 18.6 Å². The molecule has 0 aliphatic heterocycles. The van der Waals surface area contributed by atoms with E-state index in [4.69, 9.17) is 16.3 Å². The van der Waals surface area contributed by atoms with Gasteiger partial charge in [-0.3, -0.25) is 14.9 Å². The fourth-order valence-electron chi connectivity index (χ4n) is 2.32. The molecule has 2 aromatic carbocycles.